The SMILES string of the molecule is C#C[C@H](O)[C@H](C)C(=O)OC. The summed E-state index contributed by atoms with van der Waals surface area (Å²) in [6, 6.07) is 0. The van der Waals surface area contributed by atoms with E-state index in [1.54, 1.807) is 0 Å². The van der Waals surface area contributed by atoms with Crippen LogP contribution in [0.15, 0.2) is 0 Å². The fourth-order valence-corrected chi connectivity index (χ4v) is 0.459. The molecule has 0 saturated heterocycles. The minimum Gasteiger partial charge on any atom is -0.469 e. The monoisotopic (exact) mass is 142 g/mol. The van der Waals surface area contributed by atoms with Gasteiger partial charge in [-0.15, -0.1) is 6.42 Å². The van der Waals surface area contributed by atoms with Gasteiger partial charge in [-0.25, -0.2) is 0 Å². The lowest BCUT2D eigenvalue weighted by molar-refractivity contribution is -0.147. The molecule has 2 atom stereocenters. The van der Waals surface area contributed by atoms with E-state index in [1.807, 2.05) is 5.92 Å². The van der Waals surface area contributed by atoms with Crippen molar-refractivity contribution in [2.45, 2.75) is 13.0 Å². The van der Waals surface area contributed by atoms with Crippen LogP contribution in [0.25, 0.3) is 0 Å². The highest BCUT2D eigenvalue weighted by Crippen LogP contribution is 2.02. The van der Waals surface area contributed by atoms with Gasteiger partial charge in [-0.2, -0.15) is 0 Å². The number of methoxy groups -OCH3 is 1. The van der Waals surface area contributed by atoms with Crippen LogP contribution in [0.2, 0.25) is 0 Å². The van der Waals surface area contributed by atoms with E-state index >= 15 is 0 Å². The Bertz CT molecular complexity index is 157. The zero-order chi connectivity index (χ0) is 8.15. The normalized spacial score (nSPS) is 15.0. The summed E-state index contributed by atoms with van der Waals surface area (Å²) in [5, 5.41) is 8.89. The van der Waals surface area contributed by atoms with Crippen LogP contribution in [0, 0.1) is 18.3 Å². The second-order valence-electron chi connectivity index (χ2n) is 1.92. The van der Waals surface area contributed by atoms with Gasteiger partial charge in [0.15, 0.2) is 0 Å². The van der Waals surface area contributed by atoms with E-state index in [4.69, 9.17) is 11.5 Å². The highest BCUT2D eigenvalue weighted by molar-refractivity contribution is 5.73. The summed E-state index contributed by atoms with van der Waals surface area (Å²) in [6.45, 7) is 1.51. The molecular weight excluding hydrogens is 132 g/mol. The molecule has 0 rings (SSSR count). The van der Waals surface area contributed by atoms with Crippen molar-refractivity contribution < 1.29 is 14.6 Å². The topological polar surface area (TPSA) is 46.5 Å². The van der Waals surface area contributed by atoms with Gasteiger partial charge in [0.1, 0.15) is 6.10 Å². The molecule has 0 radical (unpaired) electrons. The highest BCUT2D eigenvalue weighted by Gasteiger charge is 2.19. The molecule has 0 aromatic carbocycles. The smallest absolute Gasteiger partial charge is 0.312 e. The highest BCUT2D eigenvalue weighted by atomic mass is 16.5. The molecule has 3 nitrogen and oxygen atoms in total. The molecule has 1 N–H and O–H groups in total. The summed E-state index contributed by atoms with van der Waals surface area (Å²) in [5.41, 5.74) is 0. The van der Waals surface area contributed by atoms with Gasteiger partial charge in [-0.3, -0.25) is 4.79 Å². The predicted molar refractivity (Wildman–Crippen MR) is 36.0 cm³/mol. The van der Waals surface area contributed by atoms with Crippen LogP contribution in [-0.4, -0.2) is 24.3 Å². The Balaban J connectivity index is 3.97. The summed E-state index contributed by atoms with van der Waals surface area (Å²) < 4.78 is 4.34. The van der Waals surface area contributed by atoms with E-state index < -0.39 is 18.0 Å². The first-order valence-electron chi connectivity index (χ1n) is 2.85. The number of carbonyl (C=O) groups excluding carboxylic acids is 1. The Morgan fingerprint density at radius 1 is 1.80 bits per heavy atom. The molecule has 10 heavy (non-hydrogen) atoms. The van der Waals surface area contributed by atoms with Crippen LogP contribution in [-0.2, 0) is 9.53 Å². The molecule has 0 saturated carbocycles. The second-order valence-corrected chi connectivity index (χ2v) is 1.92. The van der Waals surface area contributed by atoms with Gasteiger partial charge in [0.25, 0.3) is 0 Å². The van der Waals surface area contributed by atoms with Crippen LogP contribution in [0.4, 0.5) is 0 Å². The first-order chi connectivity index (χ1) is 4.63. The Labute approximate surface area is 60.0 Å². The maximum absolute atomic E-state index is 10.6. The maximum atomic E-state index is 10.6. The summed E-state index contributed by atoms with van der Waals surface area (Å²) in [7, 11) is 1.25. The lowest BCUT2D eigenvalue weighted by Crippen LogP contribution is -2.25. The summed E-state index contributed by atoms with van der Waals surface area (Å²) in [5.74, 6) is 0.896. The Kier molecular flexibility index (Phi) is 3.52. The number of aliphatic hydroxyl groups is 1. The van der Waals surface area contributed by atoms with Crippen LogP contribution in [0.3, 0.4) is 0 Å². The molecule has 0 aromatic heterocycles. The molecule has 56 valence electrons. The van der Waals surface area contributed by atoms with Crippen LogP contribution in [0.5, 0.6) is 0 Å². The second kappa shape index (κ2) is 3.91. The zero-order valence-corrected chi connectivity index (χ0v) is 6.00. The van der Waals surface area contributed by atoms with Gasteiger partial charge in [0, 0.05) is 0 Å². The lowest BCUT2D eigenvalue weighted by atomic mass is 10.1. The molecule has 0 bridgehead atoms. The van der Waals surface area contributed by atoms with E-state index in [-0.39, 0.29) is 0 Å². The van der Waals surface area contributed by atoms with E-state index in [1.165, 1.54) is 14.0 Å². The Morgan fingerprint density at radius 2 is 2.30 bits per heavy atom. The average molecular weight is 142 g/mol. The van der Waals surface area contributed by atoms with Crippen molar-refractivity contribution in [3.63, 3.8) is 0 Å². The predicted octanol–water partition coefficient (Wildman–Crippen LogP) is -0.210. The minimum absolute atomic E-state index is 0.495. The molecule has 0 aromatic rings. The van der Waals surface area contributed by atoms with E-state index in [9.17, 15) is 4.79 Å². The van der Waals surface area contributed by atoms with Gasteiger partial charge in [-0.1, -0.05) is 5.92 Å². The largest absolute Gasteiger partial charge is 0.469 e. The van der Waals surface area contributed by atoms with E-state index in [0.717, 1.165) is 0 Å². The number of rotatable bonds is 2. The Hall–Kier alpha value is -1.01. The van der Waals surface area contributed by atoms with Crippen LogP contribution >= 0.6 is 0 Å². The maximum Gasteiger partial charge on any atom is 0.312 e. The van der Waals surface area contributed by atoms with Crippen molar-refractivity contribution >= 4 is 5.97 Å². The van der Waals surface area contributed by atoms with Crippen molar-refractivity contribution in [1.82, 2.24) is 0 Å². The van der Waals surface area contributed by atoms with Crippen molar-refractivity contribution in [2.75, 3.05) is 7.11 Å². The van der Waals surface area contributed by atoms with Crippen molar-refractivity contribution in [2.24, 2.45) is 5.92 Å². The minimum atomic E-state index is -1.05. The number of hydrogen-bond donors (Lipinski definition) is 1. The fourth-order valence-electron chi connectivity index (χ4n) is 0.459. The summed E-state index contributed by atoms with van der Waals surface area (Å²) in [6.07, 6.45) is 3.81. The summed E-state index contributed by atoms with van der Waals surface area (Å²) in [4.78, 5) is 10.6. The van der Waals surface area contributed by atoms with Crippen molar-refractivity contribution in [1.29, 1.82) is 0 Å². The molecule has 0 spiro atoms. The fraction of sp³-hybridized carbons (Fsp3) is 0.571. The van der Waals surface area contributed by atoms with E-state index in [0.29, 0.717) is 0 Å². The molecular formula is C7H10O3. The third-order valence-corrected chi connectivity index (χ3v) is 1.22. The molecule has 0 fully saturated rings. The quantitative estimate of drug-likeness (QED) is 0.428. The number of esters is 1. The average Bonchev–Trinajstić information content (AvgIpc) is 2.00. The Morgan fingerprint density at radius 3 is 2.60 bits per heavy atom. The molecule has 0 heterocycles. The molecule has 0 aliphatic carbocycles. The molecule has 0 amide bonds. The van der Waals surface area contributed by atoms with Crippen LogP contribution < -0.4 is 0 Å². The van der Waals surface area contributed by atoms with Crippen molar-refractivity contribution in [3.05, 3.63) is 0 Å². The first-order valence-corrected chi connectivity index (χ1v) is 2.85. The number of hydrogen-bond acceptors (Lipinski definition) is 3. The number of carbonyl (C=O) groups is 1. The lowest BCUT2D eigenvalue weighted by Gasteiger charge is -2.09. The van der Waals surface area contributed by atoms with Gasteiger partial charge in [0.05, 0.1) is 13.0 Å². The van der Waals surface area contributed by atoms with Gasteiger partial charge >= 0.3 is 5.97 Å². The molecule has 3 heteroatoms. The van der Waals surface area contributed by atoms with Crippen molar-refractivity contribution in [3.8, 4) is 12.3 Å². The first kappa shape index (κ1) is 8.99. The standard InChI is InChI=1S/C7H10O3/c1-4-6(8)5(2)7(9)10-3/h1,5-6,8H,2-3H3/t5-,6-/m0/s1. The molecule has 0 aliphatic rings. The number of terminal acetylenes is 1. The van der Waals surface area contributed by atoms with Gasteiger partial charge in [-0.05, 0) is 6.92 Å². The number of ether oxygens (including phenoxy) is 1. The zero-order valence-electron chi connectivity index (χ0n) is 6.00. The van der Waals surface area contributed by atoms with Crippen LogP contribution in [0.1, 0.15) is 6.92 Å². The third-order valence-electron chi connectivity index (χ3n) is 1.22. The van der Waals surface area contributed by atoms with Gasteiger partial charge < -0.3 is 9.84 Å². The van der Waals surface area contributed by atoms with Gasteiger partial charge in [0.2, 0.25) is 0 Å². The summed E-state index contributed by atoms with van der Waals surface area (Å²) >= 11 is 0. The number of aliphatic hydroxyl groups excluding tert-OH is 1. The molecule has 0 unspecified atom stereocenters. The molecule has 0 aliphatic heterocycles. The van der Waals surface area contributed by atoms with E-state index in [2.05, 4.69) is 4.74 Å². The third kappa shape index (κ3) is 2.08.